The van der Waals surface area contributed by atoms with Crippen molar-refractivity contribution in [1.29, 1.82) is 0 Å². The lowest BCUT2D eigenvalue weighted by Crippen LogP contribution is -2.21. The minimum Gasteiger partial charge on any atom is -0.492 e. The topological polar surface area (TPSA) is 47.3 Å². The maximum atomic E-state index is 12.6. The molecule has 0 aromatic heterocycles. The quantitative estimate of drug-likeness (QED) is 0.369. The fraction of sp³-hybridized carbons (Fsp3) is 0.182. The fourth-order valence-corrected chi connectivity index (χ4v) is 3.63. The first-order valence-corrected chi connectivity index (χ1v) is 9.86. The monoisotopic (exact) mass is 418 g/mol. The van der Waals surface area contributed by atoms with Crippen molar-refractivity contribution in [2.24, 2.45) is 0 Å². The smallest absolute Gasteiger partial charge is 0.416 e. The summed E-state index contributed by atoms with van der Waals surface area (Å²) in [5.74, 6) is 0.412. The predicted octanol–water partition coefficient (Wildman–Crippen LogP) is 5.61. The fourth-order valence-electron chi connectivity index (χ4n) is 2.65. The van der Waals surface area contributed by atoms with Crippen molar-refractivity contribution in [3.05, 3.63) is 83.9 Å². The van der Waals surface area contributed by atoms with Gasteiger partial charge in [0.05, 0.1) is 5.56 Å². The number of anilines is 1. The van der Waals surface area contributed by atoms with E-state index < -0.39 is 11.7 Å². The number of para-hydroxylation sites is 1. The first-order valence-electron chi connectivity index (χ1n) is 9.04. The van der Waals surface area contributed by atoms with Crippen LogP contribution in [0.15, 0.2) is 82.6 Å². The molecule has 3 aromatic carbocycles. The first-order chi connectivity index (χ1) is 13.9. The Hall–Kier alpha value is -2.64. The summed E-state index contributed by atoms with van der Waals surface area (Å²) in [5.41, 5.74) is 7.22. The van der Waals surface area contributed by atoms with Gasteiger partial charge >= 0.3 is 6.18 Å². The lowest BCUT2D eigenvalue weighted by atomic mass is 10.2. The molecule has 3 N–H and O–H groups in total. The molecule has 0 amide bonds. The van der Waals surface area contributed by atoms with Crippen LogP contribution >= 0.6 is 11.8 Å². The highest BCUT2D eigenvalue weighted by Crippen LogP contribution is 2.34. The van der Waals surface area contributed by atoms with Gasteiger partial charge < -0.3 is 15.8 Å². The maximum Gasteiger partial charge on any atom is 0.416 e. The van der Waals surface area contributed by atoms with E-state index in [0.29, 0.717) is 25.4 Å². The first kappa shape index (κ1) is 21.1. The number of alkyl halides is 3. The number of rotatable bonds is 8. The summed E-state index contributed by atoms with van der Waals surface area (Å²) in [6.07, 6.45) is -4.34. The molecule has 152 valence electrons. The molecule has 0 aliphatic carbocycles. The zero-order valence-electron chi connectivity index (χ0n) is 15.6. The lowest BCUT2D eigenvalue weighted by Gasteiger charge is -2.12. The molecular weight excluding hydrogens is 397 g/mol. The van der Waals surface area contributed by atoms with Crippen molar-refractivity contribution in [2.75, 3.05) is 18.9 Å². The van der Waals surface area contributed by atoms with E-state index in [1.54, 1.807) is 11.8 Å². The van der Waals surface area contributed by atoms with Crippen molar-refractivity contribution in [3.8, 4) is 5.75 Å². The number of nitrogen functional groups attached to an aromatic ring is 1. The van der Waals surface area contributed by atoms with Crippen LogP contribution in [0.25, 0.3) is 0 Å². The number of nitrogens with one attached hydrogen (secondary N) is 1. The molecule has 0 heterocycles. The third-order valence-corrected chi connectivity index (χ3v) is 5.37. The summed E-state index contributed by atoms with van der Waals surface area (Å²) in [6.45, 7) is 1.56. The molecule has 0 aliphatic rings. The Labute approximate surface area is 172 Å². The zero-order chi connectivity index (χ0) is 20.7. The highest BCUT2D eigenvalue weighted by molar-refractivity contribution is 7.99. The summed E-state index contributed by atoms with van der Waals surface area (Å²) in [7, 11) is 0. The number of benzene rings is 3. The van der Waals surface area contributed by atoms with Crippen LogP contribution in [-0.2, 0) is 12.7 Å². The van der Waals surface area contributed by atoms with Crippen molar-refractivity contribution in [3.63, 3.8) is 0 Å². The summed E-state index contributed by atoms with van der Waals surface area (Å²) < 4.78 is 43.2. The largest absolute Gasteiger partial charge is 0.492 e. The Morgan fingerprint density at radius 1 is 0.862 bits per heavy atom. The highest BCUT2D eigenvalue weighted by atomic mass is 32.2. The van der Waals surface area contributed by atoms with Crippen LogP contribution in [0.5, 0.6) is 5.75 Å². The second-order valence-corrected chi connectivity index (χ2v) is 7.38. The second-order valence-electron chi connectivity index (χ2n) is 6.29. The van der Waals surface area contributed by atoms with E-state index in [1.807, 2.05) is 48.5 Å². The van der Waals surface area contributed by atoms with Crippen molar-refractivity contribution in [1.82, 2.24) is 5.32 Å². The van der Waals surface area contributed by atoms with Crippen LogP contribution in [0.1, 0.15) is 11.1 Å². The normalized spacial score (nSPS) is 11.4. The Bertz CT molecular complexity index is 930. The van der Waals surface area contributed by atoms with Crippen molar-refractivity contribution in [2.45, 2.75) is 22.5 Å². The van der Waals surface area contributed by atoms with Crippen molar-refractivity contribution >= 4 is 17.4 Å². The molecule has 7 heteroatoms. The van der Waals surface area contributed by atoms with Gasteiger partial charge in [-0.05, 0) is 48.0 Å². The molecule has 0 atom stereocenters. The highest BCUT2D eigenvalue weighted by Gasteiger charge is 2.29. The summed E-state index contributed by atoms with van der Waals surface area (Å²) in [6, 6.07) is 20.5. The molecule has 0 saturated carbocycles. The SMILES string of the molecule is Nc1ccccc1Sc1ccccc1CNCCOc1ccc(C(F)(F)F)cc1. The predicted molar refractivity (Wildman–Crippen MR) is 110 cm³/mol. The third-order valence-electron chi connectivity index (χ3n) is 4.16. The van der Waals surface area contributed by atoms with Crippen LogP contribution in [0.3, 0.4) is 0 Å². The van der Waals surface area contributed by atoms with Gasteiger partial charge in [0, 0.05) is 28.6 Å². The van der Waals surface area contributed by atoms with E-state index in [1.165, 1.54) is 12.1 Å². The van der Waals surface area contributed by atoms with Gasteiger partial charge in [0.2, 0.25) is 0 Å². The Morgan fingerprint density at radius 3 is 2.21 bits per heavy atom. The molecule has 3 nitrogen and oxygen atoms in total. The number of halogens is 3. The molecule has 0 unspecified atom stereocenters. The maximum absolute atomic E-state index is 12.6. The van der Waals surface area contributed by atoms with Crippen LogP contribution < -0.4 is 15.8 Å². The standard InChI is InChI=1S/C22H21F3N2OS/c23-22(24,25)17-9-11-18(12-10-17)28-14-13-27-15-16-5-1-3-7-20(16)29-21-8-4-2-6-19(21)26/h1-12,27H,13-15,26H2. The lowest BCUT2D eigenvalue weighted by molar-refractivity contribution is -0.137. The van der Waals surface area contributed by atoms with E-state index >= 15 is 0 Å². The van der Waals surface area contributed by atoms with Gasteiger partial charge in [0.15, 0.2) is 0 Å². The Kier molecular flexibility index (Phi) is 7.06. The number of ether oxygens (including phenoxy) is 1. The van der Waals surface area contributed by atoms with E-state index in [-0.39, 0.29) is 0 Å². The van der Waals surface area contributed by atoms with Crippen molar-refractivity contribution < 1.29 is 17.9 Å². The summed E-state index contributed by atoms with van der Waals surface area (Å²) >= 11 is 1.62. The van der Waals surface area contributed by atoms with Crippen LogP contribution in [0, 0.1) is 0 Å². The summed E-state index contributed by atoms with van der Waals surface area (Å²) in [5, 5.41) is 3.30. The molecule has 0 saturated heterocycles. The average Bonchev–Trinajstić information content (AvgIpc) is 2.70. The van der Waals surface area contributed by atoms with Gasteiger partial charge in [0.25, 0.3) is 0 Å². The van der Waals surface area contributed by atoms with Gasteiger partial charge in [0.1, 0.15) is 12.4 Å². The molecule has 0 radical (unpaired) electrons. The number of hydrogen-bond acceptors (Lipinski definition) is 4. The molecule has 0 fully saturated rings. The molecular formula is C22H21F3N2OS. The average molecular weight is 418 g/mol. The molecule has 0 bridgehead atoms. The van der Waals surface area contributed by atoms with Gasteiger partial charge in [-0.2, -0.15) is 13.2 Å². The van der Waals surface area contributed by atoms with Gasteiger partial charge in [-0.15, -0.1) is 0 Å². The minimum absolute atomic E-state index is 0.353. The Balaban J connectivity index is 1.48. The summed E-state index contributed by atoms with van der Waals surface area (Å²) in [4.78, 5) is 2.12. The molecule has 29 heavy (non-hydrogen) atoms. The molecule has 3 rings (SSSR count). The number of nitrogens with two attached hydrogens (primary N) is 1. The Morgan fingerprint density at radius 2 is 1.52 bits per heavy atom. The van der Waals surface area contributed by atoms with Crippen LogP contribution in [-0.4, -0.2) is 13.2 Å². The van der Waals surface area contributed by atoms with Crippen LogP contribution in [0.4, 0.5) is 18.9 Å². The molecule has 0 spiro atoms. The number of hydrogen-bond donors (Lipinski definition) is 2. The van der Waals surface area contributed by atoms with E-state index in [9.17, 15) is 13.2 Å². The minimum atomic E-state index is -4.34. The molecule has 3 aromatic rings. The van der Waals surface area contributed by atoms with E-state index in [0.717, 1.165) is 33.2 Å². The second kappa shape index (κ2) is 9.71. The molecule has 0 aliphatic heterocycles. The van der Waals surface area contributed by atoms with E-state index in [2.05, 4.69) is 5.32 Å². The zero-order valence-corrected chi connectivity index (χ0v) is 16.4. The van der Waals surface area contributed by atoms with Gasteiger partial charge in [-0.3, -0.25) is 0 Å². The van der Waals surface area contributed by atoms with Gasteiger partial charge in [-0.1, -0.05) is 42.1 Å². The third kappa shape index (κ3) is 6.17. The van der Waals surface area contributed by atoms with E-state index in [4.69, 9.17) is 10.5 Å². The van der Waals surface area contributed by atoms with Gasteiger partial charge in [-0.25, -0.2) is 0 Å². The van der Waals surface area contributed by atoms with Crippen LogP contribution in [0.2, 0.25) is 0 Å².